The van der Waals surface area contributed by atoms with Crippen LogP contribution in [0, 0.1) is 11.8 Å². The highest BCUT2D eigenvalue weighted by Gasteiger charge is 2.15. The standard InChI is InChI=1S/C10H22N2O4S/c1-4-9(5-10(13)14)7-12-17(15,16)11-6-8(2)3/h8-9,11-12H,4-7H2,1-3H3,(H,13,14). The van der Waals surface area contributed by atoms with Crippen LogP contribution >= 0.6 is 0 Å². The minimum absolute atomic E-state index is 0.0246. The molecule has 6 nitrogen and oxygen atoms in total. The second-order valence-corrected chi connectivity index (χ2v) is 6.05. The maximum Gasteiger partial charge on any atom is 0.303 e. The lowest BCUT2D eigenvalue weighted by molar-refractivity contribution is -0.138. The summed E-state index contributed by atoms with van der Waals surface area (Å²) in [6, 6.07) is 0. The lowest BCUT2D eigenvalue weighted by Gasteiger charge is -2.14. The molecule has 0 spiro atoms. The highest BCUT2D eigenvalue weighted by molar-refractivity contribution is 7.87. The molecule has 0 heterocycles. The van der Waals surface area contributed by atoms with Gasteiger partial charge in [0.2, 0.25) is 0 Å². The summed E-state index contributed by atoms with van der Waals surface area (Å²) >= 11 is 0. The molecule has 0 aromatic rings. The molecule has 0 aliphatic rings. The van der Waals surface area contributed by atoms with Gasteiger partial charge in [0.1, 0.15) is 0 Å². The number of hydrogen-bond acceptors (Lipinski definition) is 3. The first-order valence-corrected chi connectivity index (χ1v) is 7.21. The Labute approximate surface area is 103 Å². The van der Waals surface area contributed by atoms with Crippen LogP contribution in [-0.2, 0) is 15.0 Å². The van der Waals surface area contributed by atoms with Gasteiger partial charge in [-0.2, -0.15) is 8.42 Å². The van der Waals surface area contributed by atoms with Gasteiger partial charge in [-0.25, -0.2) is 9.44 Å². The van der Waals surface area contributed by atoms with Gasteiger partial charge in [-0.3, -0.25) is 4.79 Å². The van der Waals surface area contributed by atoms with Crippen LogP contribution in [0.15, 0.2) is 0 Å². The van der Waals surface area contributed by atoms with Crippen molar-refractivity contribution in [3.05, 3.63) is 0 Å². The molecular formula is C10H22N2O4S. The Hall–Kier alpha value is -0.660. The van der Waals surface area contributed by atoms with Gasteiger partial charge < -0.3 is 5.11 Å². The molecular weight excluding hydrogens is 244 g/mol. The van der Waals surface area contributed by atoms with Gasteiger partial charge in [-0.1, -0.05) is 27.2 Å². The number of nitrogens with one attached hydrogen (secondary N) is 2. The highest BCUT2D eigenvalue weighted by Crippen LogP contribution is 2.06. The third-order valence-electron chi connectivity index (χ3n) is 2.28. The van der Waals surface area contributed by atoms with Crippen molar-refractivity contribution in [3.8, 4) is 0 Å². The number of rotatable bonds is 9. The molecule has 1 unspecified atom stereocenters. The molecule has 0 aromatic heterocycles. The van der Waals surface area contributed by atoms with E-state index in [2.05, 4.69) is 9.44 Å². The van der Waals surface area contributed by atoms with Crippen LogP contribution in [0.3, 0.4) is 0 Å². The molecule has 0 amide bonds. The van der Waals surface area contributed by atoms with E-state index in [1.165, 1.54) is 0 Å². The summed E-state index contributed by atoms with van der Waals surface area (Å²) < 4.78 is 27.7. The maximum atomic E-state index is 11.5. The fourth-order valence-electron chi connectivity index (χ4n) is 1.16. The Kier molecular flexibility index (Phi) is 7.33. The summed E-state index contributed by atoms with van der Waals surface area (Å²) in [6.45, 7) is 6.16. The van der Waals surface area contributed by atoms with Gasteiger partial charge >= 0.3 is 5.97 Å². The average molecular weight is 266 g/mol. The molecule has 1 atom stereocenters. The van der Waals surface area contributed by atoms with E-state index in [-0.39, 0.29) is 24.8 Å². The van der Waals surface area contributed by atoms with E-state index in [0.29, 0.717) is 13.0 Å². The number of aliphatic carboxylic acids is 1. The monoisotopic (exact) mass is 266 g/mol. The smallest absolute Gasteiger partial charge is 0.303 e. The van der Waals surface area contributed by atoms with Gasteiger partial charge in [-0.05, 0) is 11.8 Å². The van der Waals surface area contributed by atoms with E-state index < -0.39 is 16.2 Å². The predicted molar refractivity (Wildman–Crippen MR) is 65.8 cm³/mol. The molecule has 0 aromatic carbocycles. The van der Waals surface area contributed by atoms with Crippen LogP contribution in [-0.4, -0.2) is 32.6 Å². The van der Waals surface area contributed by atoms with Crippen molar-refractivity contribution >= 4 is 16.2 Å². The van der Waals surface area contributed by atoms with Crippen LogP contribution in [0.25, 0.3) is 0 Å². The summed E-state index contributed by atoms with van der Waals surface area (Å²) in [5.74, 6) is -0.859. The summed E-state index contributed by atoms with van der Waals surface area (Å²) in [5, 5.41) is 8.63. The van der Waals surface area contributed by atoms with E-state index in [0.717, 1.165) is 0 Å². The van der Waals surface area contributed by atoms with Crippen LogP contribution in [0.1, 0.15) is 33.6 Å². The largest absolute Gasteiger partial charge is 0.481 e. The van der Waals surface area contributed by atoms with Crippen molar-refractivity contribution in [2.45, 2.75) is 33.6 Å². The van der Waals surface area contributed by atoms with Gasteiger partial charge in [0, 0.05) is 19.5 Å². The zero-order valence-corrected chi connectivity index (χ0v) is 11.4. The van der Waals surface area contributed by atoms with Gasteiger partial charge in [0.15, 0.2) is 0 Å². The zero-order valence-electron chi connectivity index (χ0n) is 10.6. The number of carbonyl (C=O) groups is 1. The topological polar surface area (TPSA) is 95.5 Å². The van der Waals surface area contributed by atoms with Crippen LogP contribution in [0.5, 0.6) is 0 Å². The molecule has 0 bridgehead atoms. The molecule has 0 radical (unpaired) electrons. The molecule has 7 heteroatoms. The van der Waals surface area contributed by atoms with E-state index >= 15 is 0 Å². The number of carboxylic acids is 1. The van der Waals surface area contributed by atoms with Crippen LogP contribution < -0.4 is 9.44 Å². The van der Waals surface area contributed by atoms with Crippen molar-refractivity contribution in [3.63, 3.8) is 0 Å². The van der Waals surface area contributed by atoms with Crippen molar-refractivity contribution in [2.75, 3.05) is 13.1 Å². The minimum Gasteiger partial charge on any atom is -0.481 e. The molecule has 0 fully saturated rings. The fourth-order valence-corrected chi connectivity index (χ4v) is 2.27. The van der Waals surface area contributed by atoms with Crippen molar-refractivity contribution < 1.29 is 18.3 Å². The first-order valence-electron chi connectivity index (χ1n) is 5.72. The Morgan fingerprint density at radius 3 is 2.18 bits per heavy atom. The average Bonchev–Trinajstić information content (AvgIpc) is 2.21. The fraction of sp³-hybridized carbons (Fsp3) is 0.900. The van der Waals surface area contributed by atoms with Crippen molar-refractivity contribution in [1.82, 2.24) is 9.44 Å². The lowest BCUT2D eigenvalue weighted by atomic mass is 10.0. The molecule has 17 heavy (non-hydrogen) atoms. The zero-order chi connectivity index (χ0) is 13.5. The summed E-state index contributed by atoms with van der Waals surface area (Å²) in [4.78, 5) is 10.5. The Balaban J connectivity index is 4.10. The summed E-state index contributed by atoms with van der Waals surface area (Å²) in [5.41, 5.74) is 0. The Morgan fingerprint density at radius 2 is 1.76 bits per heavy atom. The maximum absolute atomic E-state index is 11.5. The molecule has 0 rings (SSSR count). The van der Waals surface area contributed by atoms with E-state index in [4.69, 9.17) is 5.11 Å². The third kappa shape index (κ3) is 9.08. The van der Waals surface area contributed by atoms with Crippen molar-refractivity contribution in [1.29, 1.82) is 0 Å². The Morgan fingerprint density at radius 1 is 1.24 bits per heavy atom. The molecule has 102 valence electrons. The van der Waals surface area contributed by atoms with Gasteiger partial charge in [0.05, 0.1) is 0 Å². The second kappa shape index (κ2) is 7.62. The SMILES string of the molecule is CCC(CNS(=O)(=O)NCC(C)C)CC(=O)O. The first-order chi connectivity index (χ1) is 7.76. The normalized spacial score (nSPS) is 13.9. The van der Waals surface area contributed by atoms with E-state index in [1.807, 2.05) is 20.8 Å². The number of carboxylic acid groups (broad SMARTS) is 1. The number of hydrogen-bond donors (Lipinski definition) is 3. The molecule has 3 N–H and O–H groups in total. The second-order valence-electron chi connectivity index (χ2n) is 4.47. The summed E-state index contributed by atoms with van der Waals surface area (Å²) in [6.07, 6.45) is 0.599. The highest BCUT2D eigenvalue weighted by atomic mass is 32.2. The van der Waals surface area contributed by atoms with E-state index in [1.54, 1.807) is 0 Å². The first kappa shape index (κ1) is 16.3. The molecule has 0 aliphatic heterocycles. The van der Waals surface area contributed by atoms with Crippen LogP contribution in [0.2, 0.25) is 0 Å². The van der Waals surface area contributed by atoms with Crippen molar-refractivity contribution in [2.24, 2.45) is 11.8 Å². The molecule has 0 saturated heterocycles. The minimum atomic E-state index is -3.51. The van der Waals surface area contributed by atoms with Gasteiger partial charge in [0.25, 0.3) is 10.2 Å². The third-order valence-corrected chi connectivity index (χ3v) is 3.38. The quantitative estimate of drug-likeness (QED) is 0.568. The predicted octanol–water partition coefficient (Wildman–Crippen LogP) is 0.567. The molecule has 0 saturated carbocycles. The lowest BCUT2D eigenvalue weighted by Crippen LogP contribution is -2.40. The summed E-state index contributed by atoms with van der Waals surface area (Å²) in [7, 11) is -3.51. The van der Waals surface area contributed by atoms with Crippen LogP contribution in [0.4, 0.5) is 0 Å². The molecule has 0 aliphatic carbocycles. The van der Waals surface area contributed by atoms with E-state index in [9.17, 15) is 13.2 Å². The Bertz CT molecular complexity index is 327. The van der Waals surface area contributed by atoms with Gasteiger partial charge in [-0.15, -0.1) is 0 Å².